The molecule has 17 nitrogen and oxygen atoms in total. The van der Waals surface area contributed by atoms with Crippen molar-refractivity contribution in [3.8, 4) is 17.2 Å². The van der Waals surface area contributed by atoms with Crippen LogP contribution in [0.25, 0.3) is 10.8 Å². The van der Waals surface area contributed by atoms with Crippen molar-refractivity contribution in [2.45, 2.75) is 131 Å². The summed E-state index contributed by atoms with van der Waals surface area (Å²) in [6, 6.07) is 2.97. The first-order chi connectivity index (χ1) is 33.0. The average molecular weight is 966 g/mol. The summed E-state index contributed by atoms with van der Waals surface area (Å²) in [6.45, 7) is 22.8. The lowest BCUT2D eigenvalue weighted by molar-refractivity contribution is -0.605. The van der Waals surface area contributed by atoms with Gasteiger partial charge >= 0.3 is 11.8 Å². The van der Waals surface area contributed by atoms with Gasteiger partial charge in [-0.05, 0) is 45.8 Å². The summed E-state index contributed by atoms with van der Waals surface area (Å²) < 4.78 is 38.8. The van der Waals surface area contributed by atoms with Gasteiger partial charge in [0.25, 0.3) is 11.7 Å². The van der Waals surface area contributed by atoms with E-state index in [9.17, 15) is 29.8 Å². The molecule has 70 heavy (non-hydrogen) atoms. The minimum absolute atomic E-state index is 0.0337. The number of carbonyl (C=O) groups is 3. The van der Waals surface area contributed by atoms with Crippen LogP contribution in [0.2, 0.25) is 0 Å². The zero-order valence-corrected chi connectivity index (χ0v) is 42.2. The summed E-state index contributed by atoms with van der Waals surface area (Å²) in [7, 11) is 1.50. The number of amides is 1. The summed E-state index contributed by atoms with van der Waals surface area (Å²) in [4.78, 5) is 55.8. The number of aromatic hydroxyl groups is 2. The second kappa shape index (κ2) is 19.0. The number of esters is 1. The number of methoxy groups -OCH3 is 1. The van der Waals surface area contributed by atoms with E-state index in [0.29, 0.717) is 42.2 Å². The van der Waals surface area contributed by atoms with E-state index in [0.717, 1.165) is 12.7 Å². The number of fused-ring (bicyclic) bond motifs is 9. The smallest absolute Gasteiger partial charge is 0.344 e. The Morgan fingerprint density at radius 1 is 0.971 bits per heavy atom. The largest absolute Gasteiger partial charge is 0.619 e. The lowest BCUT2D eigenvalue weighted by atomic mass is 9.77. The van der Waals surface area contributed by atoms with Crippen LogP contribution in [0.3, 0.4) is 0 Å². The maximum absolute atomic E-state index is 15.0. The molecule has 1 aromatic heterocycles. The van der Waals surface area contributed by atoms with Gasteiger partial charge in [0, 0.05) is 92.8 Å². The molecule has 9 atom stereocenters. The predicted octanol–water partition coefficient (Wildman–Crippen LogP) is 6.48. The lowest BCUT2D eigenvalue weighted by Crippen LogP contribution is -2.56. The number of rotatable bonds is 5. The highest BCUT2D eigenvalue weighted by atomic mass is 16.7. The highest BCUT2D eigenvalue weighted by Gasteiger charge is 2.51. The molecule has 7 bridgehead atoms. The molecule has 2 saturated heterocycles. The number of aromatic nitrogens is 1. The predicted molar refractivity (Wildman–Crippen MR) is 259 cm³/mol. The van der Waals surface area contributed by atoms with Crippen LogP contribution in [-0.4, -0.2) is 101 Å². The second-order valence-corrected chi connectivity index (χ2v) is 20.8. The van der Waals surface area contributed by atoms with E-state index < -0.39 is 76.9 Å². The molecule has 1 amide bonds. The number of pyridine rings is 1. The van der Waals surface area contributed by atoms with E-state index in [-0.39, 0.29) is 67.2 Å². The van der Waals surface area contributed by atoms with Crippen LogP contribution in [0.4, 0.5) is 5.69 Å². The van der Waals surface area contributed by atoms with Crippen molar-refractivity contribution < 1.29 is 57.7 Å². The Bertz CT molecular complexity index is 2810. The van der Waals surface area contributed by atoms with Crippen LogP contribution >= 0.6 is 0 Å². The number of piperidine rings is 1. The molecule has 0 unspecified atom stereocenters. The van der Waals surface area contributed by atoms with Crippen molar-refractivity contribution in [1.29, 1.82) is 0 Å². The Morgan fingerprint density at radius 3 is 2.33 bits per heavy atom. The Morgan fingerprint density at radius 2 is 1.66 bits per heavy atom. The van der Waals surface area contributed by atoms with Gasteiger partial charge < -0.3 is 54.1 Å². The molecule has 2 fully saturated rings. The van der Waals surface area contributed by atoms with Gasteiger partial charge in [-0.3, -0.25) is 19.6 Å². The lowest BCUT2D eigenvalue weighted by Gasteiger charge is -2.50. The van der Waals surface area contributed by atoms with Gasteiger partial charge in [-0.25, -0.2) is 4.79 Å². The number of phenols is 2. The molecule has 0 aliphatic carbocycles. The molecule has 376 valence electrons. The Hall–Kier alpha value is -5.88. The SMILES string of the molecule is CO[C@H]1/C=C/O[C@@]2(C)Oc3c(C)c(O)c4c(O)c(c5c(c4c3C2=O)=NC2(CCN(CC(C)C)CC2)N=5)NC(=O)/C(C)=C\C=C\[C@H](C)[C@@H]2OC(C)(C)O[C@@H]([C@@H](C)[C@H](OC(=O)c3ccc[n+]([O-])c3)[C@@H]1C)[C@@H]2C. The molecule has 6 aliphatic rings. The number of ether oxygens (including phenoxy) is 6. The van der Waals surface area contributed by atoms with Gasteiger partial charge in [-0.2, -0.15) is 4.73 Å². The first-order valence-corrected chi connectivity index (χ1v) is 24.3. The van der Waals surface area contributed by atoms with E-state index in [1.807, 2.05) is 47.6 Å². The fourth-order valence-electron chi connectivity index (χ4n) is 10.9. The van der Waals surface area contributed by atoms with Crippen LogP contribution in [0.15, 0.2) is 70.7 Å². The van der Waals surface area contributed by atoms with Crippen LogP contribution < -0.4 is 25.5 Å². The van der Waals surface area contributed by atoms with E-state index in [1.54, 1.807) is 32.1 Å². The van der Waals surface area contributed by atoms with Gasteiger partial charge in [-0.15, -0.1) is 0 Å². The van der Waals surface area contributed by atoms with E-state index in [4.69, 9.17) is 38.4 Å². The van der Waals surface area contributed by atoms with Crippen molar-refractivity contribution in [2.75, 3.05) is 32.1 Å². The van der Waals surface area contributed by atoms with Gasteiger partial charge in [-0.1, -0.05) is 59.8 Å². The summed E-state index contributed by atoms with van der Waals surface area (Å²) in [5, 5.41) is 39.9. The standard InChI is InChI=1S/C53H67N5O12/c1-27(2)25-57-22-19-53(20-23-57)55-39-36-37-42(59)31(6)47-38(36)48(61)52(11,70-47)66-24-18-35(65-12)30(5)45(67-50(63)34-17-14-21-58(64)26-34)33(8)46-32(7)44(68-51(9,10)69-46)28(3)15-13-16-29(4)49(62)54-41(43(37)60)40(39)56-53/h13-18,21,24,26-28,30,32-33,35,44-46,59-60H,19-20,22-23,25H2,1-12H3,(H,54,62)/b15-13+,24-18+,29-16-/t28-,30+,32+,33-,35-,44-,45+,46+,52-/m0/s1. The average Bonchev–Trinajstić information content (AvgIpc) is 3.81. The fourth-order valence-corrected chi connectivity index (χ4v) is 10.9. The topological polar surface area (TPSA) is 214 Å². The van der Waals surface area contributed by atoms with E-state index in [1.165, 1.54) is 38.6 Å². The number of nitrogens with one attached hydrogen (secondary N) is 1. The number of anilines is 1. The zero-order valence-electron chi connectivity index (χ0n) is 42.2. The third-order valence-corrected chi connectivity index (χ3v) is 14.6. The molecular weight excluding hydrogens is 899 g/mol. The summed E-state index contributed by atoms with van der Waals surface area (Å²) >= 11 is 0. The number of likely N-dealkylation sites (tertiary alicyclic amines) is 1. The van der Waals surface area contributed by atoms with Gasteiger partial charge in [0.2, 0.25) is 0 Å². The van der Waals surface area contributed by atoms with Crippen LogP contribution in [0, 0.1) is 41.7 Å². The highest BCUT2D eigenvalue weighted by Crippen LogP contribution is 2.50. The van der Waals surface area contributed by atoms with E-state index >= 15 is 0 Å². The number of Topliss-reactive ketones (excluding diaryl/α,β-unsaturated/α-hetero) is 1. The number of phenolic OH excluding ortho intramolecular Hbond substituents is 2. The summed E-state index contributed by atoms with van der Waals surface area (Å²) in [6.07, 6.45) is 9.21. The van der Waals surface area contributed by atoms with Gasteiger partial charge in [0.15, 0.2) is 29.6 Å². The van der Waals surface area contributed by atoms with Crippen molar-refractivity contribution in [2.24, 2.45) is 39.6 Å². The molecule has 1 spiro atoms. The normalized spacial score (nSPS) is 31.5. The highest BCUT2D eigenvalue weighted by molar-refractivity contribution is 6.19. The number of hydrogen-bond donors (Lipinski definition) is 3. The maximum atomic E-state index is 15.0. The van der Waals surface area contributed by atoms with Crippen LogP contribution in [0.1, 0.15) is 108 Å². The first-order valence-electron chi connectivity index (χ1n) is 24.3. The molecule has 3 aromatic rings. The van der Waals surface area contributed by atoms with Crippen molar-refractivity contribution >= 4 is 34.1 Å². The number of carbonyl (C=O) groups excluding carboxylic acids is 3. The Balaban J connectivity index is 1.27. The fraction of sp³-hybridized carbons (Fsp3) is 0.547. The second-order valence-electron chi connectivity index (χ2n) is 20.8. The minimum atomic E-state index is -1.98. The van der Waals surface area contributed by atoms with Crippen molar-refractivity contribution in [3.63, 3.8) is 0 Å². The Kier molecular flexibility index (Phi) is 13.7. The zero-order chi connectivity index (χ0) is 50.8. The molecule has 17 heteroatoms. The van der Waals surface area contributed by atoms with Crippen molar-refractivity contribution in [3.05, 3.63) is 93.3 Å². The number of hydrogen-bond acceptors (Lipinski definition) is 15. The molecule has 7 heterocycles. The molecule has 2 aromatic carbocycles. The third-order valence-electron chi connectivity index (χ3n) is 14.6. The Labute approximate surface area is 408 Å². The quantitative estimate of drug-likeness (QED) is 0.108. The molecule has 6 aliphatic heterocycles. The molecule has 9 rings (SSSR count). The molecule has 0 saturated carbocycles. The van der Waals surface area contributed by atoms with Crippen LogP contribution in [0.5, 0.6) is 17.2 Å². The first kappa shape index (κ1) is 50.5. The molecule has 0 radical (unpaired) electrons. The molecular formula is C53H67N5O12. The summed E-state index contributed by atoms with van der Waals surface area (Å²) in [5.74, 6) is -6.80. The number of nitrogens with zero attached hydrogens (tertiary/aromatic N) is 4. The number of ketones is 1. The number of allylic oxidation sites excluding steroid dienone is 2. The monoisotopic (exact) mass is 965 g/mol. The van der Waals surface area contributed by atoms with E-state index in [2.05, 4.69) is 24.1 Å². The minimum Gasteiger partial charge on any atom is -0.619 e. The van der Waals surface area contributed by atoms with Crippen molar-refractivity contribution in [1.82, 2.24) is 4.90 Å². The number of benzene rings is 2. The molecule has 3 N–H and O–H groups in total. The summed E-state index contributed by atoms with van der Waals surface area (Å²) in [5.41, 5.74) is -0.447. The van der Waals surface area contributed by atoms with Crippen LogP contribution in [-0.2, 0) is 28.5 Å². The third kappa shape index (κ3) is 9.28. The van der Waals surface area contributed by atoms with Gasteiger partial charge in [0.1, 0.15) is 34.2 Å². The maximum Gasteiger partial charge on any atom is 0.344 e. The van der Waals surface area contributed by atoms with Gasteiger partial charge in [0.05, 0.1) is 40.9 Å².